The van der Waals surface area contributed by atoms with Crippen molar-refractivity contribution < 1.29 is 76.6 Å². The van der Waals surface area contributed by atoms with Crippen LogP contribution < -0.4 is 42.5 Å². The number of nitrogens with zero attached hydrogens (tertiary/aromatic N) is 5. The van der Waals surface area contributed by atoms with Gasteiger partial charge in [0.15, 0.2) is 0 Å². The molecule has 0 radical (unpaired) electrons. The van der Waals surface area contributed by atoms with Crippen LogP contribution in [0.5, 0.6) is 0 Å². The van der Waals surface area contributed by atoms with Gasteiger partial charge in [0.2, 0.25) is 76.8 Å². The third kappa shape index (κ3) is 28.2. The summed E-state index contributed by atoms with van der Waals surface area (Å²) in [5.74, 6) is -12.2. The Balaban J connectivity index is 4.18. The number of hydrogen-bond acceptors (Lipinski definition) is 16. The van der Waals surface area contributed by atoms with Crippen molar-refractivity contribution >= 4 is 82.8 Å². The first-order valence-corrected chi connectivity index (χ1v) is 35.5. The fraction of sp³-hybridized carbons (Fsp3) is 0.800. The van der Waals surface area contributed by atoms with Crippen LogP contribution in [-0.4, -0.2) is 242 Å². The van der Waals surface area contributed by atoms with Crippen LogP contribution in [0.1, 0.15) is 188 Å². The monoisotopic (exact) mass is 1400 g/mol. The van der Waals surface area contributed by atoms with E-state index in [9.17, 15) is 62.3 Å². The molecule has 0 saturated carbocycles. The summed E-state index contributed by atoms with van der Waals surface area (Å²) in [4.78, 5) is 205. The van der Waals surface area contributed by atoms with Crippen LogP contribution in [0.4, 0.5) is 0 Å². The molecule has 0 aromatic carbocycles. The molecular weight excluding hydrogens is 1280 g/mol. The smallest absolute Gasteiger partial charge is 0.329 e. The molecule has 0 spiro atoms. The van der Waals surface area contributed by atoms with Crippen molar-refractivity contribution in [1.82, 2.24) is 67.0 Å². The van der Waals surface area contributed by atoms with Crippen molar-refractivity contribution in [2.45, 2.75) is 255 Å². The van der Waals surface area contributed by atoms with Crippen molar-refractivity contribution in [3.8, 4) is 0 Å². The summed E-state index contributed by atoms with van der Waals surface area (Å²) in [5.41, 5.74) is 0. The number of methoxy groups -OCH3 is 1. The largest absolute Gasteiger partial charge is 0.458 e. The van der Waals surface area contributed by atoms with Gasteiger partial charge in [-0.15, -0.1) is 0 Å². The third-order valence-corrected chi connectivity index (χ3v) is 18.3. The highest BCUT2D eigenvalue weighted by Gasteiger charge is 2.43. The van der Waals surface area contributed by atoms with E-state index < -0.39 is 179 Å². The van der Waals surface area contributed by atoms with Crippen LogP contribution in [0.2, 0.25) is 0 Å². The summed E-state index contributed by atoms with van der Waals surface area (Å²) in [6.07, 6.45) is 0.231. The van der Waals surface area contributed by atoms with Crippen molar-refractivity contribution in [3.63, 3.8) is 0 Å². The maximum atomic E-state index is 15.0. The molecule has 99 heavy (non-hydrogen) atoms. The third-order valence-electron chi connectivity index (χ3n) is 18.3. The molecule has 566 valence electrons. The quantitative estimate of drug-likeness (QED) is 0.0722. The number of nitrogens with one attached hydrogen (secondary N) is 8. The zero-order valence-electron chi connectivity index (χ0n) is 63.8. The fourth-order valence-corrected chi connectivity index (χ4v) is 12.1. The first-order chi connectivity index (χ1) is 46.2. The van der Waals surface area contributed by atoms with Gasteiger partial charge in [-0.1, -0.05) is 130 Å². The van der Waals surface area contributed by atoms with Gasteiger partial charge in [0, 0.05) is 81.2 Å². The standard InChI is InChI=1S/C70H125N13O16/c1-24-28-45(15)56-69(96)81(20)58(42(11)12)64(91)73-46(16)61(88)71-33-30-51(84)75-49(36-39(5)6)66(93)83(22)60(44(14)27-4)70(97)99-47(17)57(78-62(89)50(37-40(7)8)80(19)68(95)55(41(9)10)77-54(87)38-98-23)67(94)79(18)35-32-53(86)74-48(29-25-2)65(92)82(21)59(43(13)26-3)63(90)72-34-31-52(85)76-56/h39-50,55-60H,24-38H2,1-23H3,(H,71,88)(H,72,90)(H,73,91)(H,74,86)(H,75,84)(H,76,85)(H,77,87)(H,78,89)/t43-,44-,45-,46-,47+,48+,49+,50+,55?,56?,57-,58?,59-,60+/m0/s1. The first kappa shape index (κ1) is 89.6. The molecule has 1 aliphatic rings. The summed E-state index contributed by atoms with van der Waals surface area (Å²) in [6.45, 7) is 28.6. The molecule has 13 amide bonds. The molecule has 1 fully saturated rings. The Morgan fingerprint density at radius 3 is 1.64 bits per heavy atom. The Morgan fingerprint density at radius 2 is 1.12 bits per heavy atom. The predicted octanol–water partition coefficient (Wildman–Crippen LogP) is 2.41. The second-order valence-corrected chi connectivity index (χ2v) is 28.4. The summed E-state index contributed by atoms with van der Waals surface area (Å²) in [6, 6.07) is -12.2. The number of ether oxygens (including phenoxy) is 2. The van der Waals surface area contributed by atoms with Crippen molar-refractivity contribution in [1.29, 1.82) is 0 Å². The van der Waals surface area contributed by atoms with Gasteiger partial charge in [0.05, 0.1) is 0 Å². The van der Waals surface area contributed by atoms with Gasteiger partial charge in [0.25, 0.3) is 0 Å². The van der Waals surface area contributed by atoms with E-state index in [-0.39, 0.29) is 76.6 Å². The van der Waals surface area contributed by atoms with E-state index in [1.165, 1.54) is 75.8 Å². The highest BCUT2D eigenvalue weighted by Crippen LogP contribution is 2.24. The fourth-order valence-electron chi connectivity index (χ4n) is 12.1. The minimum absolute atomic E-state index is 0.0646. The van der Waals surface area contributed by atoms with Crippen LogP contribution in [-0.2, 0) is 76.6 Å². The van der Waals surface area contributed by atoms with Gasteiger partial charge in [-0.05, 0) is 81.0 Å². The minimum atomic E-state index is -1.71. The summed E-state index contributed by atoms with van der Waals surface area (Å²) in [7, 11) is 8.35. The molecule has 29 nitrogen and oxygen atoms in total. The average molecular weight is 1400 g/mol. The highest BCUT2D eigenvalue weighted by molar-refractivity contribution is 5.97. The summed E-state index contributed by atoms with van der Waals surface area (Å²) >= 11 is 0. The van der Waals surface area contributed by atoms with Crippen molar-refractivity contribution in [3.05, 3.63) is 0 Å². The van der Waals surface area contributed by atoms with E-state index in [0.717, 1.165) is 4.90 Å². The van der Waals surface area contributed by atoms with Crippen molar-refractivity contribution in [2.75, 3.05) is 68.6 Å². The van der Waals surface area contributed by atoms with Crippen LogP contribution in [0.15, 0.2) is 0 Å². The molecule has 14 atom stereocenters. The molecule has 1 rings (SSSR count). The zero-order chi connectivity index (χ0) is 76.0. The normalized spacial score (nSPS) is 24.8. The predicted molar refractivity (Wildman–Crippen MR) is 375 cm³/mol. The van der Waals surface area contributed by atoms with Crippen LogP contribution in [0.3, 0.4) is 0 Å². The van der Waals surface area contributed by atoms with Crippen LogP contribution in [0.25, 0.3) is 0 Å². The lowest BCUT2D eigenvalue weighted by atomic mass is 9.93. The van der Waals surface area contributed by atoms with Gasteiger partial charge in [-0.2, -0.15) is 0 Å². The lowest BCUT2D eigenvalue weighted by Gasteiger charge is -2.36. The Hall–Kier alpha value is -7.46. The van der Waals surface area contributed by atoms with Crippen LogP contribution >= 0.6 is 0 Å². The van der Waals surface area contributed by atoms with E-state index in [0.29, 0.717) is 32.1 Å². The Bertz CT molecular complexity index is 2710. The van der Waals surface area contributed by atoms with Gasteiger partial charge < -0.3 is 76.5 Å². The summed E-state index contributed by atoms with van der Waals surface area (Å²) in [5, 5.41) is 21.9. The zero-order valence-corrected chi connectivity index (χ0v) is 63.8. The number of amides is 13. The van der Waals surface area contributed by atoms with Gasteiger partial charge >= 0.3 is 5.97 Å². The Labute approximate surface area is 589 Å². The molecule has 1 aliphatic heterocycles. The average Bonchev–Trinajstić information content (AvgIpc) is 0.846. The molecule has 1 saturated heterocycles. The number of esters is 1. The van der Waals surface area contributed by atoms with Crippen molar-refractivity contribution in [2.24, 2.45) is 41.4 Å². The van der Waals surface area contributed by atoms with Crippen LogP contribution in [0, 0.1) is 41.4 Å². The number of cyclic esters (lactones) is 1. The molecular formula is C70H125N13O16. The maximum Gasteiger partial charge on any atom is 0.329 e. The first-order valence-electron chi connectivity index (χ1n) is 35.5. The molecule has 29 heteroatoms. The Kier molecular flexibility index (Phi) is 39.7. The molecule has 0 bridgehead atoms. The minimum Gasteiger partial charge on any atom is -0.458 e. The molecule has 0 aromatic rings. The molecule has 0 aliphatic carbocycles. The van der Waals surface area contributed by atoms with Gasteiger partial charge in [-0.25, -0.2) is 4.79 Å². The van der Waals surface area contributed by atoms with E-state index in [1.54, 1.807) is 62.3 Å². The number of hydrogen-bond donors (Lipinski definition) is 8. The van der Waals surface area contributed by atoms with E-state index in [4.69, 9.17) is 9.47 Å². The number of carbonyl (C=O) groups is 14. The lowest BCUT2D eigenvalue weighted by Crippen LogP contribution is -2.61. The molecule has 0 aromatic heterocycles. The Morgan fingerprint density at radius 1 is 0.606 bits per heavy atom. The lowest BCUT2D eigenvalue weighted by molar-refractivity contribution is -0.164. The van der Waals surface area contributed by atoms with E-state index in [2.05, 4.69) is 42.5 Å². The summed E-state index contributed by atoms with van der Waals surface area (Å²) < 4.78 is 11.1. The second-order valence-electron chi connectivity index (χ2n) is 28.4. The SMILES string of the molecule is CCC[C@H]1NC(=O)CCN(C)C(=O)[C@@H](NC(=O)[C@@H](CC(C)C)N(C)C(=O)C(NC(=O)COC)C(C)C)[C@@H](C)OC(=O)[C@@H]([C@@H](C)CC)N(C)C(=O)[C@@H](CC(C)C)NC(=O)CCNC(=O)[C@H](C)NC(=O)C(C(C)C)N(C)C(=O)C([C@@H](C)CCC)NC(=O)CCNC(=O)[C@H]([C@@H](C)CC)N(C)C1=O. The highest BCUT2D eigenvalue weighted by atomic mass is 16.5. The number of likely N-dealkylation sites (N-methyl/N-ethyl adjacent to an activating group) is 5. The van der Waals surface area contributed by atoms with E-state index >= 15 is 4.79 Å². The molecule has 3 unspecified atom stereocenters. The number of rotatable bonds is 22. The van der Waals surface area contributed by atoms with Gasteiger partial charge in [-0.3, -0.25) is 62.3 Å². The molecule has 8 N–H and O–H groups in total. The number of carbonyl (C=O) groups excluding carboxylic acids is 14. The van der Waals surface area contributed by atoms with Gasteiger partial charge in [0.1, 0.15) is 73.1 Å². The molecule has 1 heterocycles. The second kappa shape index (κ2) is 43.9. The van der Waals surface area contributed by atoms with E-state index in [1.807, 2.05) is 41.5 Å². The maximum absolute atomic E-state index is 15.0. The topological polar surface area (TPSA) is 370 Å².